The highest BCUT2D eigenvalue weighted by molar-refractivity contribution is 6.23. The number of hydrogen-bond donors (Lipinski definition) is 3. The fourth-order valence-electron chi connectivity index (χ4n) is 5.49. The molecule has 1 unspecified atom stereocenters. The summed E-state index contributed by atoms with van der Waals surface area (Å²) >= 11 is 0. The molecule has 11 nitrogen and oxygen atoms in total. The number of benzene rings is 2. The molecule has 2 aliphatic heterocycles. The lowest BCUT2D eigenvalue weighted by molar-refractivity contribution is -0.136. The smallest absolute Gasteiger partial charge is 0.338 e. The first-order valence-electron chi connectivity index (χ1n) is 14.3. The van der Waals surface area contributed by atoms with E-state index in [4.69, 9.17) is 9.47 Å². The zero-order valence-corrected chi connectivity index (χ0v) is 24.0. The van der Waals surface area contributed by atoms with E-state index in [1.807, 2.05) is 32.9 Å². The number of ether oxygens (including phenoxy) is 2. The molecule has 42 heavy (non-hydrogen) atoms. The second-order valence-electron chi connectivity index (χ2n) is 11.9. The van der Waals surface area contributed by atoms with Crippen molar-refractivity contribution in [2.45, 2.75) is 76.7 Å². The summed E-state index contributed by atoms with van der Waals surface area (Å²) in [6, 6.07) is 11.3. The van der Waals surface area contributed by atoms with Gasteiger partial charge in [0.1, 0.15) is 23.5 Å². The van der Waals surface area contributed by atoms with Crippen LogP contribution in [0.4, 0.5) is 5.69 Å². The molecule has 1 aliphatic carbocycles. The number of fused-ring (bicyclic) bond motifs is 1. The molecule has 222 valence electrons. The van der Waals surface area contributed by atoms with Crippen molar-refractivity contribution < 1.29 is 33.4 Å². The Balaban J connectivity index is 1.07. The zero-order valence-electron chi connectivity index (χ0n) is 24.0. The quantitative estimate of drug-likeness (QED) is 0.233. The molecule has 0 radical (unpaired) electrons. The molecule has 5 rings (SSSR count). The van der Waals surface area contributed by atoms with E-state index in [1.165, 1.54) is 0 Å². The Morgan fingerprint density at radius 1 is 0.952 bits per heavy atom. The fourth-order valence-corrected chi connectivity index (χ4v) is 5.49. The second-order valence-corrected chi connectivity index (χ2v) is 11.9. The summed E-state index contributed by atoms with van der Waals surface area (Å²) in [5.74, 6) is -1.96. The number of nitrogens with one attached hydrogen (secondary N) is 3. The van der Waals surface area contributed by atoms with Crippen LogP contribution >= 0.6 is 0 Å². The number of imide groups is 2. The van der Waals surface area contributed by atoms with E-state index in [-0.39, 0.29) is 42.1 Å². The van der Waals surface area contributed by atoms with E-state index in [2.05, 4.69) is 16.0 Å². The van der Waals surface area contributed by atoms with Crippen molar-refractivity contribution >= 4 is 35.3 Å². The lowest BCUT2D eigenvalue weighted by Gasteiger charge is -2.27. The van der Waals surface area contributed by atoms with Gasteiger partial charge < -0.3 is 20.1 Å². The SMILES string of the molecule is CC(C)(C)OC(=O)c1ccc(NCCN[C@@H]2CC[C@H](Oc3ccc4c(c3)C(=O)N(C3CCC(=O)NC3=O)C4=O)C2)cc1. The summed E-state index contributed by atoms with van der Waals surface area (Å²) in [7, 11) is 0. The summed E-state index contributed by atoms with van der Waals surface area (Å²) in [6.45, 7) is 6.97. The third-order valence-electron chi connectivity index (χ3n) is 7.51. The molecule has 0 bridgehead atoms. The monoisotopic (exact) mass is 576 g/mol. The molecule has 1 saturated heterocycles. The van der Waals surface area contributed by atoms with Crippen molar-refractivity contribution in [2.24, 2.45) is 0 Å². The van der Waals surface area contributed by atoms with Gasteiger partial charge in [-0.3, -0.25) is 29.4 Å². The Morgan fingerprint density at radius 2 is 1.69 bits per heavy atom. The third kappa shape index (κ3) is 6.62. The number of piperidine rings is 1. The molecule has 1 saturated carbocycles. The van der Waals surface area contributed by atoms with Gasteiger partial charge in [0.15, 0.2) is 0 Å². The van der Waals surface area contributed by atoms with E-state index in [9.17, 15) is 24.0 Å². The minimum atomic E-state index is -0.993. The highest BCUT2D eigenvalue weighted by atomic mass is 16.6. The minimum Gasteiger partial charge on any atom is -0.490 e. The number of nitrogens with zero attached hydrogens (tertiary/aromatic N) is 1. The van der Waals surface area contributed by atoms with Gasteiger partial charge >= 0.3 is 5.97 Å². The molecule has 0 spiro atoms. The van der Waals surface area contributed by atoms with Crippen LogP contribution in [0.25, 0.3) is 0 Å². The van der Waals surface area contributed by atoms with Crippen LogP contribution in [0.15, 0.2) is 42.5 Å². The molecular weight excluding hydrogens is 540 g/mol. The van der Waals surface area contributed by atoms with Crippen molar-refractivity contribution in [2.75, 3.05) is 18.4 Å². The molecule has 11 heteroatoms. The molecule has 2 heterocycles. The van der Waals surface area contributed by atoms with Gasteiger partial charge in [0, 0.05) is 31.2 Å². The van der Waals surface area contributed by atoms with E-state index >= 15 is 0 Å². The second kappa shape index (κ2) is 11.9. The first-order valence-corrected chi connectivity index (χ1v) is 14.3. The summed E-state index contributed by atoms with van der Waals surface area (Å²) < 4.78 is 11.6. The first kappa shape index (κ1) is 29.2. The number of carbonyl (C=O) groups is 5. The summed E-state index contributed by atoms with van der Waals surface area (Å²) in [5, 5.41) is 9.09. The molecule has 4 amide bonds. The number of amides is 4. The van der Waals surface area contributed by atoms with Crippen molar-refractivity contribution in [1.29, 1.82) is 0 Å². The standard InChI is InChI=1S/C31H36N4O7/c1-31(2,3)42-30(40)18-4-6-19(7-5-18)32-14-15-33-20-8-9-21(16-20)41-22-10-11-23-24(17-22)29(39)35(28(23)38)25-12-13-26(36)34-27(25)37/h4-7,10-11,17,20-21,25,32-33H,8-9,12-16H2,1-3H3,(H,34,36,37)/t20-,21+,25?/m1/s1. The average Bonchev–Trinajstić information content (AvgIpc) is 3.47. The summed E-state index contributed by atoms with van der Waals surface area (Å²) in [6.07, 6.45) is 2.76. The molecule has 0 aromatic heterocycles. The van der Waals surface area contributed by atoms with Crippen LogP contribution in [0.1, 0.15) is 83.9 Å². The number of hydrogen-bond acceptors (Lipinski definition) is 9. The van der Waals surface area contributed by atoms with Crippen molar-refractivity contribution in [1.82, 2.24) is 15.5 Å². The van der Waals surface area contributed by atoms with Gasteiger partial charge in [0.2, 0.25) is 11.8 Å². The fraction of sp³-hybridized carbons (Fsp3) is 0.452. The molecule has 3 aliphatic rings. The highest BCUT2D eigenvalue weighted by Gasteiger charge is 2.44. The van der Waals surface area contributed by atoms with Gasteiger partial charge in [-0.15, -0.1) is 0 Å². The van der Waals surface area contributed by atoms with Crippen LogP contribution in [0, 0.1) is 0 Å². The van der Waals surface area contributed by atoms with E-state index in [0.717, 1.165) is 36.4 Å². The Hall–Kier alpha value is -4.25. The maximum atomic E-state index is 13.1. The Kier molecular flexibility index (Phi) is 8.31. The normalized spacial score (nSPS) is 22.2. The van der Waals surface area contributed by atoms with E-state index in [1.54, 1.807) is 30.3 Å². The first-order chi connectivity index (χ1) is 20.0. The van der Waals surface area contributed by atoms with Crippen LogP contribution < -0.4 is 20.7 Å². The highest BCUT2D eigenvalue weighted by Crippen LogP contribution is 2.32. The molecular formula is C31H36N4O7. The lowest BCUT2D eigenvalue weighted by Crippen LogP contribution is -2.54. The maximum absolute atomic E-state index is 13.1. The van der Waals surface area contributed by atoms with Crippen LogP contribution in [0.3, 0.4) is 0 Å². The van der Waals surface area contributed by atoms with E-state index < -0.39 is 35.3 Å². The Bertz CT molecular complexity index is 1400. The largest absolute Gasteiger partial charge is 0.490 e. The Morgan fingerprint density at radius 3 is 2.40 bits per heavy atom. The van der Waals surface area contributed by atoms with Gasteiger partial charge in [-0.2, -0.15) is 0 Å². The summed E-state index contributed by atoms with van der Waals surface area (Å²) in [4.78, 5) is 62.9. The number of carbonyl (C=O) groups excluding carboxylic acids is 5. The van der Waals surface area contributed by atoms with Crippen molar-refractivity contribution in [3.8, 4) is 5.75 Å². The Labute approximate surface area is 244 Å². The molecule has 2 aromatic rings. The van der Waals surface area contributed by atoms with Gasteiger partial charge in [-0.25, -0.2) is 4.79 Å². The minimum absolute atomic E-state index is 0.0349. The van der Waals surface area contributed by atoms with Gasteiger partial charge in [0.25, 0.3) is 11.8 Å². The molecule has 3 N–H and O–H groups in total. The van der Waals surface area contributed by atoms with E-state index in [0.29, 0.717) is 17.9 Å². The van der Waals surface area contributed by atoms with Crippen LogP contribution in [0.5, 0.6) is 5.75 Å². The summed E-state index contributed by atoms with van der Waals surface area (Å²) in [5.41, 5.74) is 1.33. The predicted molar refractivity (Wildman–Crippen MR) is 153 cm³/mol. The predicted octanol–water partition coefficient (Wildman–Crippen LogP) is 3.04. The number of esters is 1. The molecule has 3 atom stereocenters. The van der Waals surface area contributed by atoms with Gasteiger partial charge in [-0.1, -0.05) is 0 Å². The van der Waals surface area contributed by atoms with Gasteiger partial charge in [0.05, 0.1) is 16.7 Å². The van der Waals surface area contributed by atoms with Crippen LogP contribution in [0.2, 0.25) is 0 Å². The third-order valence-corrected chi connectivity index (χ3v) is 7.51. The number of rotatable bonds is 9. The topological polar surface area (TPSA) is 143 Å². The average molecular weight is 577 g/mol. The van der Waals surface area contributed by atoms with Gasteiger partial charge in [-0.05, 0) is 88.9 Å². The van der Waals surface area contributed by atoms with Crippen LogP contribution in [-0.2, 0) is 14.3 Å². The van der Waals surface area contributed by atoms with Crippen LogP contribution in [-0.4, -0.2) is 71.4 Å². The van der Waals surface area contributed by atoms with Crippen molar-refractivity contribution in [3.63, 3.8) is 0 Å². The number of anilines is 1. The molecule has 2 fully saturated rings. The molecule has 2 aromatic carbocycles. The lowest BCUT2D eigenvalue weighted by atomic mass is 10.0. The van der Waals surface area contributed by atoms with Crippen molar-refractivity contribution in [3.05, 3.63) is 59.2 Å². The maximum Gasteiger partial charge on any atom is 0.338 e. The zero-order chi connectivity index (χ0) is 30.0.